The minimum Gasteiger partial charge on any atom is -0.508 e. The van der Waals surface area contributed by atoms with E-state index in [2.05, 4.69) is 5.32 Å². The molecule has 5 N–H and O–H groups in total. The zero-order chi connectivity index (χ0) is 16.1. The molecule has 0 fully saturated rings. The highest BCUT2D eigenvalue weighted by Crippen LogP contribution is 2.13. The zero-order valence-corrected chi connectivity index (χ0v) is 11.7. The lowest BCUT2D eigenvalue weighted by Gasteiger charge is -2.12. The summed E-state index contributed by atoms with van der Waals surface area (Å²) >= 11 is 0. The molecule has 0 aliphatic heterocycles. The van der Waals surface area contributed by atoms with Crippen LogP contribution in [0, 0.1) is 0 Å². The summed E-state index contributed by atoms with van der Waals surface area (Å²) in [6.07, 6.45) is 0.333. The summed E-state index contributed by atoms with van der Waals surface area (Å²) in [7, 11) is 0. The van der Waals surface area contributed by atoms with Gasteiger partial charge in [-0.15, -0.1) is 0 Å². The Morgan fingerprint density at radius 2 is 1.64 bits per heavy atom. The van der Waals surface area contributed by atoms with E-state index in [-0.39, 0.29) is 17.2 Å². The van der Waals surface area contributed by atoms with E-state index in [4.69, 9.17) is 10.8 Å². The van der Waals surface area contributed by atoms with E-state index in [0.29, 0.717) is 12.1 Å². The average Bonchev–Trinajstić information content (AvgIpc) is 2.50. The number of benzene rings is 2. The first-order chi connectivity index (χ1) is 10.5. The molecule has 22 heavy (non-hydrogen) atoms. The van der Waals surface area contributed by atoms with Gasteiger partial charge in [-0.3, -0.25) is 4.79 Å². The number of nitrogens with two attached hydrogens (primary N) is 1. The Labute approximate surface area is 127 Å². The number of phenolic OH excluding ortho intramolecular Hbond substituents is 1. The van der Waals surface area contributed by atoms with Gasteiger partial charge in [0.2, 0.25) is 5.91 Å². The highest BCUT2D eigenvalue weighted by atomic mass is 16.4. The van der Waals surface area contributed by atoms with E-state index in [9.17, 15) is 14.7 Å². The number of aromatic hydroxyl groups is 1. The Morgan fingerprint density at radius 1 is 1.05 bits per heavy atom. The summed E-state index contributed by atoms with van der Waals surface area (Å²) in [6.45, 7) is 0. The first-order valence-corrected chi connectivity index (χ1v) is 6.63. The van der Waals surface area contributed by atoms with Crippen LogP contribution in [0.15, 0.2) is 48.5 Å². The fourth-order valence-corrected chi connectivity index (χ4v) is 1.91. The van der Waals surface area contributed by atoms with Gasteiger partial charge in [0, 0.05) is 5.69 Å². The molecule has 6 heteroatoms. The Kier molecular flexibility index (Phi) is 4.75. The van der Waals surface area contributed by atoms with Gasteiger partial charge >= 0.3 is 5.97 Å². The molecule has 0 bridgehead atoms. The maximum atomic E-state index is 12.0. The monoisotopic (exact) mass is 300 g/mol. The number of carbonyl (C=O) groups excluding carboxylic acids is 1. The molecule has 0 aromatic heterocycles. The van der Waals surface area contributed by atoms with E-state index in [1.165, 1.54) is 36.4 Å². The number of phenols is 1. The van der Waals surface area contributed by atoms with Crippen molar-refractivity contribution >= 4 is 17.6 Å². The molecular formula is C16H16N2O4. The minimum atomic E-state index is -1.03. The van der Waals surface area contributed by atoms with Crippen LogP contribution >= 0.6 is 0 Å². The van der Waals surface area contributed by atoms with Crippen LogP contribution < -0.4 is 11.1 Å². The largest absolute Gasteiger partial charge is 0.508 e. The fourth-order valence-electron chi connectivity index (χ4n) is 1.91. The number of carbonyl (C=O) groups is 2. The van der Waals surface area contributed by atoms with Gasteiger partial charge in [-0.05, 0) is 48.4 Å². The van der Waals surface area contributed by atoms with Crippen molar-refractivity contribution < 1.29 is 19.8 Å². The van der Waals surface area contributed by atoms with Crippen molar-refractivity contribution in [3.63, 3.8) is 0 Å². The van der Waals surface area contributed by atoms with Gasteiger partial charge < -0.3 is 21.3 Å². The van der Waals surface area contributed by atoms with Crippen LogP contribution in [0.5, 0.6) is 5.75 Å². The van der Waals surface area contributed by atoms with Crippen molar-refractivity contribution in [1.29, 1.82) is 0 Å². The lowest BCUT2D eigenvalue weighted by molar-refractivity contribution is -0.117. The van der Waals surface area contributed by atoms with Gasteiger partial charge in [0.1, 0.15) is 5.75 Å². The lowest BCUT2D eigenvalue weighted by atomic mass is 10.1. The molecule has 6 nitrogen and oxygen atoms in total. The Bertz CT molecular complexity index is 666. The number of amides is 1. The number of aromatic carboxylic acids is 1. The number of carboxylic acids is 1. The second kappa shape index (κ2) is 6.73. The highest BCUT2D eigenvalue weighted by molar-refractivity contribution is 5.95. The number of carboxylic acid groups (broad SMARTS) is 1. The fraction of sp³-hybridized carbons (Fsp3) is 0.125. The maximum absolute atomic E-state index is 12.0. The number of hydrogen-bond donors (Lipinski definition) is 4. The first kappa shape index (κ1) is 15.5. The van der Waals surface area contributed by atoms with Gasteiger partial charge in [0.15, 0.2) is 0 Å². The average molecular weight is 300 g/mol. The molecule has 1 amide bonds. The molecule has 2 rings (SSSR count). The van der Waals surface area contributed by atoms with Gasteiger partial charge in [-0.25, -0.2) is 4.79 Å². The number of rotatable bonds is 5. The highest BCUT2D eigenvalue weighted by Gasteiger charge is 2.14. The molecule has 0 spiro atoms. The third-order valence-electron chi connectivity index (χ3n) is 3.13. The zero-order valence-electron chi connectivity index (χ0n) is 11.7. The molecule has 0 unspecified atom stereocenters. The van der Waals surface area contributed by atoms with Gasteiger partial charge in [-0.2, -0.15) is 0 Å². The third kappa shape index (κ3) is 4.07. The molecule has 0 aliphatic carbocycles. The number of anilines is 1. The van der Waals surface area contributed by atoms with E-state index in [1.807, 2.05) is 0 Å². The summed E-state index contributed by atoms with van der Waals surface area (Å²) < 4.78 is 0. The normalized spacial score (nSPS) is 11.7. The maximum Gasteiger partial charge on any atom is 0.335 e. The lowest BCUT2D eigenvalue weighted by Crippen LogP contribution is -2.37. The molecule has 0 radical (unpaired) electrons. The molecular weight excluding hydrogens is 284 g/mol. The van der Waals surface area contributed by atoms with E-state index in [0.717, 1.165) is 5.56 Å². The molecule has 114 valence electrons. The molecule has 0 saturated carbocycles. The van der Waals surface area contributed by atoms with E-state index in [1.54, 1.807) is 12.1 Å². The number of nitrogens with one attached hydrogen (secondary N) is 1. The van der Waals surface area contributed by atoms with Crippen LogP contribution in [0.25, 0.3) is 0 Å². The predicted octanol–water partition coefficient (Wildman–Crippen LogP) is 1.60. The Hall–Kier alpha value is -2.86. The van der Waals surface area contributed by atoms with Crippen molar-refractivity contribution in [1.82, 2.24) is 0 Å². The summed E-state index contributed by atoms with van der Waals surface area (Å²) in [5.74, 6) is -1.24. The topological polar surface area (TPSA) is 113 Å². The molecule has 2 aromatic rings. The van der Waals surface area contributed by atoms with Gasteiger partial charge in [0.25, 0.3) is 0 Å². The van der Waals surface area contributed by atoms with E-state index >= 15 is 0 Å². The van der Waals surface area contributed by atoms with E-state index < -0.39 is 12.0 Å². The summed E-state index contributed by atoms with van der Waals surface area (Å²) in [5.41, 5.74) is 7.31. The van der Waals surface area contributed by atoms with Crippen molar-refractivity contribution in [2.75, 3.05) is 5.32 Å². The number of hydrogen-bond acceptors (Lipinski definition) is 4. The molecule has 2 aromatic carbocycles. The standard InChI is InChI=1S/C16H16N2O4/c17-14(9-10-1-7-13(19)8-2-10)15(20)18-12-5-3-11(4-6-12)16(21)22/h1-8,14,19H,9,17H2,(H,18,20)(H,21,22)/t14-/m0/s1. The second-order valence-corrected chi connectivity index (χ2v) is 4.85. The first-order valence-electron chi connectivity index (χ1n) is 6.63. The Morgan fingerprint density at radius 3 is 2.18 bits per heavy atom. The molecule has 1 atom stereocenters. The summed E-state index contributed by atoms with van der Waals surface area (Å²) in [5, 5.41) is 20.6. The smallest absolute Gasteiger partial charge is 0.335 e. The predicted molar refractivity (Wildman–Crippen MR) is 81.8 cm³/mol. The quantitative estimate of drug-likeness (QED) is 0.670. The second-order valence-electron chi connectivity index (χ2n) is 4.85. The molecule has 0 aliphatic rings. The van der Waals surface area contributed by atoms with Gasteiger partial charge in [-0.1, -0.05) is 12.1 Å². The molecule has 0 heterocycles. The van der Waals surface area contributed by atoms with Crippen LogP contribution in [-0.4, -0.2) is 28.1 Å². The van der Waals surface area contributed by atoms with Crippen LogP contribution in [0.3, 0.4) is 0 Å². The van der Waals surface area contributed by atoms with Crippen molar-refractivity contribution in [3.8, 4) is 5.75 Å². The van der Waals surface area contributed by atoms with Crippen molar-refractivity contribution in [2.24, 2.45) is 5.73 Å². The van der Waals surface area contributed by atoms with Crippen LogP contribution in [0.1, 0.15) is 15.9 Å². The minimum absolute atomic E-state index is 0.145. The third-order valence-corrected chi connectivity index (χ3v) is 3.13. The summed E-state index contributed by atoms with van der Waals surface area (Å²) in [6, 6.07) is 11.5. The van der Waals surface area contributed by atoms with Crippen LogP contribution in [-0.2, 0) is 11.2 Å². The van der Waals surface area contributed by atoms with Gasteiger partial charge in [0.05, 0.1) is 11.6 Å². The molecule has 0 saturated heterocycles. The van der Waals surface area contributed by atoms with Crippen molar-refractivity contribution in [3.05, 3.63) is 59.7 Å². The van der Waals surface area contributed by atoms with Crippen LogP contribution in [0.4, 0.5) is 5.69 Å². The SMILES string of the molecule is N[C@@H](Cc1ccc(O)cc1)C(=O)Nc1ccc(C(=O)O)cc1. The van der Waals surface area contributed by atoms with Crippen LogP contribution in [0.2, 0.25) is 0 Å². The van der Waals surface area contributed by atoms with Crippen molar-refractivity contribution in [2.45, 2.75) is 12.5 Å². The summed E-state index contributed by atoms with van der Waals surface area (Å²) in [4.78, 5) is 22.7. The Balaban J connectivity index is 1.95.